The van der Waals surface area contributed by atoms with E-state index in [1.165, 1.54) is 23.1 Å². The molecule has 1 amide bonds. The summed E-state index contributed by atoms with van der Waals surface area (Å²) in [4.78, 5) is 13.5. The Hall–Kier alpha value is -1.82. The molecule has 0 aliphatic rings. The minimum absolute atomic E-state index is 0.223. The third-order valence-electron chi connectivity index (χ3n) is 2.13. The molecular weight excluding hydrogens is 205 g/mol. The van der Waals surface area contributed by atoms with Crippen molar-refractivity contribution >= 4 is 5.91 Å². The third kappa shape index (κ3) is 3.09. The van der Waals surface area contributed by atoms with Crippen LogP contribution >= 0.6 is 0 Å². The molecule has 0 N–H and O–H groups in total. The summed E-state index contributed by atoms with van der Waals surface area (Å²) in [5.74, 6) is 1.79. The molecule has 0 aromatic heterocycles. The fraction of sp³-hybridized carbons (Fsp3) is 0.308. The van der Waals surface area contributed by atoms with Crippen LogP contribution in [-0.4, -0.2) is 23.9 Å². The van der Waals surface area contributed by atoms with E-state index in [0.717, 1.165) is 6.42 Å². The molecule has 0 aliphatic heterocycles. The van der Waals surface area contributed by atoms with Gasteiger partial charge in [0.05, 0.1) is 6.54 Å². The van der Waals surface area contributed by atoms with Gasteiger partial charge in [0, 0.05) is 12.1 Å². The fourth-order valence-electron chi connectivity index (χ4n) is 1.44. The van der Waals surface area contributed by atoms with Gasteiger partial charge < -0.3 is 4.90 Å². The number of terminal acetylenes is 1. The van der Waals surface area contributed by atoms with Crippen LogP contribution in [0.15, 0.2) is 24.3 Å². The van der Waals surface area contributed by atoms with Gasteiger partial charge in [-0.1, -0.05) is 18.9 Å². The number of amides is 1. The molecule has 1 rings (SSSR count). The summed E-state index contributed by atoms with van der Waals surface area (Å²) in [6, 6.07) is 5.64. The smallest absolute Gasteiger partial charge is 0.254 e. The Morgan fingerprint density at radius 2 is 2.31 bits per heavy atom. The predicted octanol–water partition coefficient (Wildman–Crippen LogP) is 2.31. The Kier molecular flexibility index (Phi) is 4.53. The minimum atomic E-state index is -0.414. The van der Waals surface area contributed by atoms with E-state index in [4.69, 9.17) is 6.42 Å². The van der Waals surface area contributed by atoms with Crippen molar-refractivity contribution in [1.82, 2.24) is 4.90 Å². The highest BCUT2D eigenvalue weighted by Crippen LogP contribution is 2.07. The van der Waals surface area contributed by atoms with Gasteiger partial charge in [0.2, 0.25) is 0 Å². The van der Waals surface area contributed by atoms with Crippen molar-refractivity contribution in [3.8, 4) is 12.3 Å². The zero-order valence-electron chi connectivity index (χ0n) is 9.24. The molecule has 0 spiro atoms. The van der Waals surface area contributed by atoms with Crippen LogP contribution in [0.3, 0.4) is 0 Å². The largest absolute Gasteiger partial charge is 0.328 e. The molecule has 0 unspecified atom stereocenters. The molecule has 0 saturated heterocycles. The molecule has 0 heterocycles. The van der Waals surface area contributed by atoms with Crippen molar-refractivity contribution in [1.29, 1.82) is 0 Å². The Morgan fingerprint density at radius 1 is 1.56 bits per heavy atom. The lowest BCUT2D eigenvalue weighted by Crippen LogP contribution is -2.32. The van der Waals surface area contributed by atoms with E-state index in [9.17, 15) is 9.18 Å². The zero-order chi connectivity index (χ0) is 12.0. The minimum Gasteiger partial charge on any atom is -0.328 e. The van der Waals surface area contributed by atoms with Gasteiger partial charge in [0.25, 0.3) is 5.91 Å². The van der Waals surface area contributed by atoms with Crippen LogP contribution in [-0.2, 0) is 0 Å². The topological polar surface area (TPSA) is 20.3 Å². The number of carbonyl (C=O) groups is 1. The number of nitrogens with zero attached hydrogens (tertiary/aromatic N) is 1. The first kappa shape index (κ1) is 12.3. The van der Waals surface area contributed by atoms with E-state index in [2.05, 4.69) is 5.92 Å². The fourth-order valence-corrected chi connectivity index (χ4v) is 1.44. The van der Waals surface area contributed by atoms with Gasteiger partial charge in [-0.3, -0.25) is 4.79 Å². The standard InChI is InChI=1S/C13H14FNO/c1-3-8-15(9-4-2)13(16)11-6-5-7-12(14)10-11/h1,5-7,10H,4,8-9H2,2H3. The average Bonchev–Trinajstić information content (AvgIpc) is 2.28. The molecule has 84 valence electrons. The number of hydrogen-bond acceptors (Lipinski definition) is 1. The van der Waals surface area contributed by atoms with E-state index < -0.39 is 5.82 Å². The van der Waals surface area contributed by atoms with E-state index in [0.29, 0.717) is 12.1 Å². The van der Waals surface area contributed by atoms with E-state index in [-0.39, 0.29) is 12.5 Å². The van der Waals surface area contributed by atoms with Gasteiger partial charge in [0.15, 0.2) is 0 Å². The number of carbonyl (C=O) groups excluding carboxylic acids is 1. The monoisotopic (exact) mass is 219 g/mol. The molecule has 1 aromatic carbocycles. The van der Waals surface area contributed by atoms with Crippen molar-refractivity contribution in [2.24, 2.45) is 0 Å². The van der Waals surface area contributed by atoms with Gasteiger partial charge in [-0.25, -0.2) is 4.39 Å². The number of benzene rings is 1. The highest BCUT2D eigenvalue weighted by Gasteiger charge is 2.14. The first-order chi connectivity index (χ1) is 7.69. The van der Waals surface area contributed by atoms with Crippen LogP contribution < -0.4 is 0 Å². The molecule has 1 aromatic rings. The maximum absolute atomic E-state index is 13.0. The van der Waals surface area contributed by atoms with Gasteiger partial charge in [-0.05, 0) is 24.6 Å². The second kappa shape index (κ2) is 5.92. The highest BCUT2D eigenvalue weighted by atomic mass is 19.1. The molecule has 2 nitrogen and oxygen atoms in total. The third-order valence-corrected chi connectivity index (χ3v) is 2.13. The predicted molar refractivity (Wildman–Crippen MR) is 61.4 cm³/mol. The van der Waals surface area contributed by atoms with Gasteiger partial charge >= 0.3 is 0 Å². The summed E-state index contributed by atoms with van der Waals surface area (Å²) in [6.07, 6.45) is 6.01. The normalized spacial score (nSPS) is 9.56. The van der Waals surface area contributed by atoms with Gasteiger partial charge in [-0.2, -0.15) is 0 Å². The first-order valence-electron chi connectivity index (χ1n) is 5.17. The van der Waals surface area contributed by atoms with E-state index in [1.807, 2.05) is 6.92 Å². The Labute approximate surface area is 95.1 Å². The Balaban J connectivity index is 2.86. The maximum atomic E-state index is 13.0. The molecule has 0 bridgehead atoms. The Morgan fingerprint density at radius 3 is 2.88 bits per heavy atom. The van der Waals surface area contributed by atoms with E-state index >= 15 is 0 Å². The van der Waals surface area contributed by atoms with Crippen molar-refractivity contribution < 1.29 is 9.18 Å². The number of rotatable bonds is 4. The lowest BCUT2D eigenvalue weighted by molar-refractivity contribution is 0.0776. The summed E-state index contributed by atoms with van der Waals surface area (Å²) in [5.41, 5.74) is 0.337. The van der Waals surface area contributed by atoms with Crippen LogP contribution in [0.5, 0.6) is 0 Å². The quantitative estimate of drug-likeness (QED) is 0.712. The summed E-state index contributed by atoms with van der Waals surface area (Å²) in [7, 11) is 0. The summed E-state index contributed by atoms with van der Waals surface area (Å²) >= 11 is 0. The van der Waals surface area contributed by atoms with Crippen molar-refractivity contribution in [3.63, 3.8) is 0 Å². The number of hydrogen-bond donors (Lipinski definition) is 0. The Bertz CT molecular complexity index is 409. The molecule has 0 atom stereocenters. The van der Waals surface area contributed by atoms with Crippen molar-refractivity contribution in [3.05, 3.63) is 35.6 Å². The van der Waals surface area contributed by atoms with Gasteiger partial charge in [-0.15, -0.1) is 6.42 Å². The lowest BCUT2D eigenvalue weighted by atomic mass is 10.2. The molecule has 0 saturated carbocycles. The summed E-state index contributed by atoms with van der Waals surface area (Å²) < 4.78 is 13.0. The zero-order valence-corrected chi connectivity index (χ0v) is 9.24. The summed E-state index contributed by atoms with van der Waals surface area (Å²) in [5, 5.41) is 0. The molecule has 0 fully saturated rings. The first-order valence-corrected chi connectivity index (χ1v) is 5.17. The summed E-state index contributed by atoms with van der Waals surface area (Å²) in [6.45, 7) is 2.80. The molecule has 0 aliphatic carbocycles. The molecular formula is C13H14FNO. The van der Waals surface area contributed by atoms with Crippen LogP contribution in [0.4, 0.5) is 4.39 Å². The lowest BCUT2D eigenvalue weighted by Gasteiger charge is -2.19. The van der Waals surface area contributed by atoms with E-state index in [1.54, 1.807) is 6.07 Å². The van der Waals surface area contributed by atoms with Crippen LogP contribution in [0, 0.1) is 18.2 Å². The second-order valence-electron chi connectivity index (χ2n) is 3.44. The highest BCUT2D eigenvalue weighted by molar-refractivity contribution is 5.94. The molecule has 16 heavy (non-hydrogen) atoms. The van der Waals surface area contributed by atoms with Crippen molar-refractivity contribution in [2.75, 3.05) is 13.1 Å². The SMILES string of the molecule is C#CCN(CCC)C(=O)c1cccc(F)c1. The maximum Gasteiger partial charge on any atom is 0.254 e. The second-order valence-corrected chi connectivity index (χ2v) is 3.44. The molecule has 0 radical (unpaired) electrons. The van der Waals surface area contributed by atoms with Gasteiger partial charge in [0.1, 0.15) is 5.82 Å². The van der Waals surface area contributed by atoms with Crippen LogP contribution in [0.1, 0.15) is 23.7 Å². The average molecular weight is 219 g/mol. The van der Waals surface area contributed by atoms with Crippen molar-refractivity contribution in [2.45, 2.75) is 13.3 Å². The van der Waals surface area contributed by atoms with Crippen LogP contribution in [0.2, 0.25) is 0 Å². The molecule has 3 heteroatoms. The van der Waals surface area contributed by atoms with Crippen LogP contribution in [0.25, 0.3) is 0 Å². The number of halogens is 1.